The lowest BCUT2D eigenvalue weighted by Crippen LogP contribution is -2.35. The highest BCUT2D eigenvalue weighted by Crippen LogP contribution is 2.26. The minimum atomic E-state index is -3.86. The number of carbonyl (C=O) groups is 2. The summed E-state index contributed by atoms with van der Waals surface area (Å²) in [5.74, 6) is -1.89. The molecule has 1 heterocycles. The minimum Gasteiger partial charge on any atom is -0.455 e. The highest BCUT2D eigenvalue weighted by Gasteiger charge is 2.19. The number of carbonyl (C=O) groups excluding carboxylic acids is 2. The topological polar surface area (TPSA) is 102 Å². The summed E-state index contributed by atoms with van der Waals surface area (Å²) in [6.07, 6.45) is 1.39. The molecule has 0 spiro atoms. The molecule has 3 aromatic rings. The first-order chi connectivity index (χ1) is 15.8. The van der Waals surface area contributed by atoms with Crippen LogP contribution in [-0.2, 0) is 24.3 Å². The molecule has 3 rings (SSSR count). The lowest BCUT2D eigenvalue weighted by molar-refractivity contribution is -0.147. The number of hydrogen-bond donors (Lipinski definition) is 2. The predicted octanol–water partition coefficient (Wildman–Crippen LogP) is 3.23. The van der Waals surface area contributed by atoms with Crippen molar-refractivity contribution in [2.45, 2.75) is 6.04 Å². The lowest BCUT2D eigenvalue weighted by atomic mass is 10.1. The van der Waals surface area contributed by atoms with E-state index in [0.717, 1.165) is 10.3 Å². The zero-order chi connectivity index (χ0) is 23.7. The maximum absolute atomic E-state index is 13.3. The number of ether oxygens (including phenoxy) is 1. The van der Waals surface area contributed by atoms with Gasteiger partial charge in [0.2, 0.25) is 10.0 Å². The van der Waals surface area contributed by atoms with E-state index in [-0.39, 0.29) is 0 Å². The summed E-state index contributed by atoms with van der Waals surface area (Å²) in [6, 6.07) is 17.6. The van der Waals surface area contributed by atoms with Crippen LogP contribution in [0, 0.1) is 5.82 Å². The summed E-state index contributed by atoms with van der Waals surface area (Å²) in [7, 11) is -3.86. The number of sulfonamides is 1. The Morgan fingerprint density at radius 2 is 1.76 bits per heavy atom. The molecule has 33 heavy (non-hydrogen) atoms. The summed E-state index contributed by atoms with van der Waals surface area (Å²) in [5.41, 5.74) is 1.35. The number of nitrogens with one attached hydrogen (secondary N) is 2. The van der Waals surface area contributed by atoms with Gasteiger partial charge in [-0.1, -0.05) is 48.5 Å². The monoisotopic (exact) mass is 488 g/mol. The number of halogens is 1. The van der Waals surface area contributed by atoms with Crippen LogP contribution < -0.4 is 10.0 Å². The SMILES string of the molecule is O=C(COC(=O)CNS(=O)(=O)/C=C/c1ccccc1)NC(c1ccc(F)cc1)c1cccs1. The first-order valence-electron chi connectivity index (χ1n) is 9.79. The molecule has 0 aliphatic rings. The Labute approximate surface area is 195 Å². The number of hydrogen-bond acceptors (Lipinski definition) is 6. The van der Waals surface area contributed by atoms with Crippen LogP contribution in [0.25, 0.3) is 6.08 Å². The molecule has 0 bridgehead atoms. The molecule has 1 aromatic heterocycles. The van der Waals surface area contributed by atoms with E-state index in [1.54, 1.807) is 42.5 Å². The highest BCUT2D eigenvalue weighted by atomic mass is 32.2. The van der Waals surface area contributed by atoms with Crippen LogP contribution in [0.1, 0.15) is 22.0 Å². The number of esters is 1. The Morgan fingerprint density at radius 3 is 2.42 bits per heavy atom. The van der Waals surface area contributed by atoms with Gasteiger partial charge in [0.05, 0.1) is 6.04 Å². The second-order valence-corrected chi connectivity index (χ2v) is 9.44. The largest absolute Gasteiger partial charge is 0.455 e. The number of thiophene rings is 1. The molecular formula is C23H21FN2O5S2. The zero-order valence-corrected chi connectivity index (χ0v) is 18.9. The van der Waals surface area contributed by atoms with Crippen molar-refractivity contribution in [2.24, 2.45) is 0 Å². The Morgan fingerprint density at radius 1 is 1.03 bits per heavy atom. The summed E-state index contributed by atoms with van der Waals surface area (Å²) < 4.78 is 44.2. The fraction of sp³-hybridized carbons (Fsp3) is 0.130. The maximum atomic E-state index is 13.3. The smallest absolute Gasteiger partial charge is 0.321 e. The van der Waals surface area contributed by atoms with Gasteiger partial charge in [0.15, 0.2) is 6.61 Å². The van der Waals surface area contributed by atoms with Gasteiger partial charge in [0.1, 0.15) is 12.4 Å². The predicted molar refractivity (Wildman–Crippen MR) is 124 cm³/mol. The van der Waals surface area contributed by atoms with Crippen LogP contribution in [0.4, 0.5) is 4.39 Å². The van der Waals surface area contributed by atoms with Crippen LogP contribution >= 0.6 is 11.3 Å². The van der Waals surface area contributed by atoms with Crippen LogP contribution in [-0.4, -0.2) is 33.4 Å². The first kappa shape index (κ1) is 24.3. The fourth-order valence-corrected chi connectivity index (χ4v) is 4.32. The van der Waals surface area contributed by atoms with Crippen molar-refractivity contribution in [3.05, 3.63) is 99.3 Å². The van der Waals surface area contributed by atoms with E-state index in [0.29, 0.717) is 11.1 Å². The van der Waals surface area contributed by atoms with E-state index in [1.165, 1.54) is 29.5 Å². The number of amides is 1. The van der Waals surface area contributed by atoms with Gasteiger partial charge >= 0.3 is 5.97 Å². The minimum absolute atomic E-state index is 0.398. The maximum Gasteiger partial charge on any atom is 0.321 e. The van der Waals surface area contributed by atoms with Crippen molar-refractivity contribution in [2.75, 3.05) is 13.2 Å². The number of rotatable bonds is 10. The third-order valence-corrected chi connectivity index (χ3v) is 6.34. The van der Waals surface area contributed by atoms with Crippen molar-refractivity contribution in [3.8, 4) is 0 Å². The quantitative estimate of drug-likeness (QED) is 0.427. The van der Waals surface area contributed by atoms with Crippen LogP contribution in [0.3, 0.4) is 0 Å². The highest BCUT2D eigenvalue weighted by molar-refractivity contribution is 7.92. The molecule has 0 aliphatic heterocycles. The van der Waals surface area contributed by atoms with E-state index in [4.69, 9.17) is 4.74 Å². The average Bonchev–Trinajstić information content (AvgIpc) is 3.35. The summed E-state index contributed by atoms with van der Waals surface area (Å²) in [4.78, 5) is 25.1. The molecular weight excluding hydrogens is 467 g/mol. The van der Waals surface area contributed by atoms with Gasteiger partial charge in [-0.15, -0.1) is 11.3 Å². The average molecular weight is 489 g/mol. The second kappa shape index (κ2) is 11.5. The van der Waals surface area contributed by atoms with E-state index in [1.807, 2.05) is 17.5 Å². The summed E-state index contributed by atoms with van der Waals surface area (Å²) in [5, 5.41) is 5.53. The van der Waals surface area contributed by atoms with Gasteiger partial charge in [0, 0.05) is 10.3 Å². The normalized spacial score (nSPS) is 12.4. The third kappa shape index (κ3) is 7.94. The molecule has 0 saturated heterocycles. The molecule has 2 N–H and O–H groups in total. The Balaban J connectivity index is 1.50. The molecule has 2 aromatic carbocycles. The molecule has 1 atom stereocenters. The van der Waals surface area contributed by atoms with Crippen molar-refractivity contribution in [1.82, 2.24) is 10.0 Å². The van der Waals surface area contributed by atoms with Gasteiger partial charge in [-0.05, 0) is 40.8 Å². The van der Waals surface area contributed by atoms with Crippen molar-refractivity contribution < 1.29 is 27.1 Å². The molecule has 0 radical (unpaired) electrons. The van der Waals surface area contributed by atoms with E-state index in [9.17, 15) is 22.4 Å². The van der Waals surface area contributed by atoms with Crippen LogP contribution in [0.2, 0.25) is 0 Å². The van der Waals surface area contributed by atoms with E-state index in [2.05, 4.69) is 10.0 Å². The fourth-order valence-electron chi connectivity index (χ4n) is 2.77. The van der Waals surface area contributed by atoms with Crippen molar-refractivity contribution in [1.29, 1.82) is 0 Å². The molecule has 1 amide bonds. The van der Waals surface area contributed by atoms with Gasteiger partial charge in [-0.25, -0.2) is 17.5 Å². The lowest BCUT2D eigenvalue weighted by Gasteiger charge is -2.18. The second-order valence-electron chi connectivity index (χ2n) is 6.81. The van der Waals surface area contributed by atoms with Crippen LogP contribution in [0.5, 0.6) is 0 Å². The Hall–Kier alpha value is -3.34. The van der Waals surface area contributed by atoms with Gasteiger partial charge in [-0.3, -0.25) is 9.59 Å². The standard InChI is InChI=1S/C23H21FN2O5S2/c24-19-10-8-18(9-11-19)23(20-7-4-13-32-20)26-21(27)16-31-22(28)15-25-33(29,30)14-12-17-5-2-1-3-6-17/h1-14,23,25H,15-16H2,(H,26,27)/b14-12+. The molecule has 0 aliphatic carbocycles. The third-order valence-electron chi connectivity index (χ3n) is 4.36. The van der Waals surface area contributed by atoms with Gasteiger partial charge in [0.25, 0.3) is 5.91 Å². The first-order valence-corrected chi connectivity index (χ1v) is 12.2. The Kier molecular flexibility index (Phi) is 8.47. The summed E-state index contributed by atoms with van der Waals surface area (Å²) in [6.45, 7) is -1.22. The van der Waals surface area contributed by atoms with Crippen molar-refractivity contribution in [3.63, 3.8) is 0 Å². The molecule has 1 unspecified atom stereocenters. The number of benzene rings is 2. The van der Waals surface area contributed by atoms with Crippen molar-refractivity contribution >= 4 is 39.3 Å². The van der Waals surface area contributed by atoms with Crippen LogP contribution in [0.15, 0.2) is 77.5 Å². The summed E-state index contributed by atoms with van der Waals surface area (Å²) >= 11 is 1.41. The molecule has 172 valence electrons. The van der Waals surface area contributed by atoms with Gasteiger partial charge < -0.3 is 10.1 Å². The molecule has 0 fully saturated rings. The molecule has 7 nitrogen and oxygen atoms in total. The zero-order valence-electron chi connectivity index (χ0n) is 17.3. The van der Waals surface area contributed by atoms with E-state index < -0.39 is 46.9 Å². The van der Waals surface area contributed by atoms with E-state index >= 15 is 0 Å². The Bertz CT molecular complexity index is 1200. The molecule has 0 saturated carbocycles. The van der Waals surface area contributed by atoms with Gasteiger partial charge in [-0.2, -0.15) is 0 Å². The molecule has 10 heteroatoms.